The van der Waals surface area contributed by atoms with Gasteiger partial charge >= 0.3 is 5.97 Å². The lowest BCUT2D eigenvalue weighted by Gasteiger charge is -2.15. The van der Waals surface area contributed by atoms with Gasteiger partial charge in [-0.1, -0.05) is 25.6 Å². The van der Waals surface area contributed by atoms with Gasteiger partial charge < -0.3 is 19.3 Å². The minimum Gasteiger partial charge on any atom is -0.506 e. The van der Waals surface area contributed by atoms with E-state index in [1.54, 1.807) is 44.4 Å². The number of carbonyl (C=O) groups is 2. The SMILES string of the molecule is CCOC(=O)C1=C(O)C(=Cc2cc(C(C)C)c(OC)cc2C)SC1=NC(=O)c1ccc(OC)cc1. The minimum absolute atomic E-state index is 0.0864. The first-order chi connectivity index (χ1) is 16.7. The van der Waals surface area contributed by atoms with Gasteiger partial charge in [0.05, 0.1) is 25.7 Å². The molecule has 0 spiro atoms. The molecule has 2 aromatic rings. The van der Waals surface area contributed by atoms with Crippen molar-refractivity contribution in [3.8, 4) is 11.5 Å². The number of hydrogen-bond acceptors (Lipinski definition) is 7. The summed E-state index contributed by atoms with van der Waals surface area (Å²) < 4.78 is 15.8. The van der Waals surface area contributed by atoms with E-state index < -0.39 is 11.9 Å². The third-order valence-electron chi connectivity index (χ3n) is 5.44. The van der Waals surface area contributed by atoms with Crippen LogP contribution in [0, 0.1) is 6.92 Å². The molecule has 1 N–H and O–H groups in total. The van der Waals surface area contributed by atoms with E-state index in [1.807, 2.05) is 19.1 Å². The predicted octanol–water partition coefficient (Wildman–Crippen LogP) is 5.84. The van der Waals surface area contributed by atoms with E-state index in [9.17, 15) is 14.7 Å². The first-order valence-electron chi connectivity index (χ1n) is 11.2. The fourth-order valence-electron chi connectivity index (χ4n) is 3.52. The van der Waals surface area contributed by atoms with Crippen LogP contribution < -0.4 is 9.47 Å². The molecular formula is C27H29NO6S. The molecule has 35 heavy (non-hydrogen) atoms. The molecule has 0 unspecified atom stereocenters. The standard InChI is InChI=1S/C27H29NO6S/c1-7-34-27(31)23-24(29)22(14-18-13-20(15(2)3)21(33-6)12-16(18)4)35-26(23)28-25(30)17-8-10-19(32-5)11-9-17/h8-15,29H,7H2,1-6H3. The van der Waals surface area contributed by atoms with Crippen LogP contribution in [0.25, 0.3) is 6.08 Å². The highest BCUT2D eigenvalue weighted by atomic mass is 32.2. The Labute approximate surface area is 209 Å². The lowest BCUT2D eigenvalue weighted by molar-refractivity contribution is -0.138. The summed E-state index contributed by atoms with van der Waals surface area (Å²) in [5.74, 6) is 0.0618. The molecule has 184 valence electrons. The third kappa shape index (κ3) is 5.77. The Morgan fingerprint density at radius 2 is 1.80 bits per heavy atom. The molecule has 0 aromatic heterocycles. The van der Waals surface area contributed by atoms with Gasteiger partial charge in [0.1, 0.15) is 27.9 Å². The molecule has 1 amide bonds. The molecule has 0 bridgehead atoms. The van der Waals surface area contributed by atoms with E-state index in [0.29, 0.717) is 16.2 Å². The summed E-state index contributed by atoms with van der Waals surface area (Å²) in [5, 5.41) is 11.0. The van der Waals surface area contributed by atoms with E-state index in [4.69, 9.17) is 14.2 Å². The monoisotopic (exact) mass is 495 g/mol. The molecule has 0 fully saturated rings. The van der Waals surface area contributed by atoms with Crippen LogP contribution in [-0.2, 0) is 9.53 Å². The van der Waals surface area contributed by atoms with Crippen LogP contribution >= 0.6 is 11.8 Å². The second-order valence-corrected chi connectivity index (χ2v) is 9.14. The topological polar surface area (TPSA) is 94.4 Å². The third-order valence-corrected chi connectivity index (χ3v) is 6.46. The van der Waals surface area contributed by atoms with Gasteiger partial charge in [-0.2, -0.15) is 0 Å². The Balaban J connectivity index is 2.06. The van der Waals surface area contributed by atoms with Crippen molar-refractivity contribution >= 4 is 34.8 Å². The van der Waals surface area contributed by atoms with E-state index in [0.717, 1.165) is 34.2 Å². The molecule has 8 heteroatoms. The minimum atomic E-state index is -0.739. The van der Waals surface area contributed by atoms with Crippen molar-refractivity contribution in [3.63, 3.8) is 0 Å². The Bertz CT molecular complexity index is 1220. The second-order valence-electron chi connectivity index (χ2n) is 8.11. The van der Waals surface area contributed by atoms with Crippen LogP contribution in [0.15, 0.2) is 57.6 Å². The van der Waals surface area contributed by atoms with Crippen molar-refractivity contribution in [2.75, 3.05) is 20.8 Å². The number of thioether (sulfide) groups is 1. The maximum atomic E-state index is 12.8. The second kappa shape index (κ2) is 11.3. The smallest absolute Gasteiger partial charge is 0.344 e. The molecular weight excluding hydrogens is 466 g/mol. The average Bonchev–Trinajstić information content (AvgIpc) is 3.14. The summed E-state index contributed by atoms with van der Waals surface area (Å²) in [6.07, 6.45) is 1.78. The number of hydrogen-bond donors (Lipinski definition) is 1. The number of methoxy groups -OCH3 is 2. The number of benzene rings is 2. The van der Waals surface area contributed by atoms with Gasteiger partial charge in [0.25, 0.3) is 5.91 Å². The zero-order valence-electron chi connectivity index (χ0n) is 20.7. The Hall–Kier alpha value is -3.52. The number of amides is 1. The van der Waals surface area contributed by atoms with Crippen molar-refractivity contribution < 1.29 is 28.9 Å². The van der Waals surface area contributed by atoms with E-state index in [1.165, 1.54) is 7.11 Å². The van der Waals surface area contributed by atoms with Crippen LogP contribution in [-0.4, -0.2) is 42.9 Å². The van der Waals surface area contributed by atoms with Gasteiger partial charge in [-0.05, 0) is 78.9 Å². The number of aliphatic hydroxyl groups excluding tert-OH is 1. The Morgan fingerprint density at radius 3 is 2.37 bits per heavy atom. The molecule has 1 aliphatic rings. The van der Waals surface area contributed by atoms with E-state index in [-0.39, 0.29) is 28.9 Å². The quantitative estimate of drug-likeness (QED) is 0.482. The number of rotatable bonds is 7. The van der Waals surface area contributed by atoms with Crippen LogP contribution in [0.1, 0.15) is 53.7 Å². The molecule has 0 atom stereocenters. The molecule has 0 radical (unpaired) electrons. The van der Waals surface area contributed by atoms with Crippen LogP contribution in [0.4, 0.5) is 0 Å². The zero-order valence-corrected chi connectivity index (χ0v) is 21.5. The number of esters is 1. The fourth-order valence-corrected chi connectivity index (χ4v) is 4.53. The molecule has 0 aliphatic carbocycles. The van der Waals surface area contributed by atoms with Crippen molar-refractivity contribution in [3.05, 3.63) is 74.9 Å². The van der Waals surface area contributed by atoms with Gasteiger partial charge in [0.2, 0.25) is 0 Å². The number of ether oxygens (including phenoxy) is 3. The molecule has 0 saturated carbocycles. The summed E-state index contributed by atoms with van der Waals surface area (Å²) in [6, 6.07) is 10.4. The summed E-state index contributed by atoms with van der Waals surface area (Å²) >= 11 is 1.05. The van der Waals surface area contributed by atoms with E-state index >= 15 is 0 Å². The van der Waals surface area contributed by atoms with Crippen LogP contribution in [0.3, 0.4) is 0 Å². The van der Waals surface area contributed by atoms with Gasteiger partial charge in [-0.15, -0.1) is 0 Å². The summed E-state index contributed by atoms with van der Waals surface area (Å²) in [5.41, 5.74) is 3.01. The summed E-state index contributed by atoms with van der Waals surface area (Å²) in [6.45, 7) is 7.87. The normalized spacial score (nSPS) is 15.7. The molecule has 7 nitrogen and oxygen atoms in total. The number of nitrogens with zero attached hydrogens (tertiary/aromatic N) is 1. The number of aliphatic hydroxyl groups is 1. The fraction of sp³-hybridized carbons (Fsp3) is 0.296. The Kier molecular flexibility index (Phi) is 8.40. The van der Waals surface area contributed by atoms with Crippen LogP contribution in [0.2, 0.25) is 0 Å². The lowest BCUT2D eigenvalue weighted by atomic mass is 9.96. The Morgan fingerprint density at radius 1 is 1.11 bits per heavy atom. The molecule has 1 heterocycles. The van der Waals surface area contributed by atoms with Gasteiger partial charge in [-0.25, -0.2) is 9.79 Å². The van der Waals surface area contributed by atoms with E-state index in [2.05, 4.69) is 18.8 Å². The number of carbonyl (C=O) groups excluding carboxylic acids is 2. The maximum Gasteiger partial charge on any atom is 0.344 e. The highest BCUT2D eigenvalue weighted by molar-refractivity contribution is 8.18. The largest absolute Gasteiger partial charge is 0.506 e. The highest BCUT2D eigenvalue weighted by Crippen LogP contribution is 2.40. The summed E-state index contributed by atoms with van der Waals surface area (Å²) in [4.78, 5) is 30.0. The maximum absolute atomic E-state index is 12.8. The van der Waals surface area contributed by atoms with Gasteiger partial charge in [0, 0.05) is 5.56 Å². The molecule has 2 aromatic carbocycles. The van der Waals surface area contributed by atoms with Crippen molar-refractivity contribution in [1.29, 1.82) is 0 Å². The predicted molar refractivity (Wildman–Crippen MR) is 138 cm³/mol. The van der Waals surface area contributed by atoms with Gasteiger partial charge in [-0.3, -0.25) is 4.79 Å². The highest BCUT2D eigenvalue weighted by Gasteiger charge is 2.34. The lowest BCUT2D eigenvalue weighted by Crippen LogP contribution is -2.14. The average molecular weight is 496 g/mol. The molecule has 0 saturated heterocycles. The van der Waals surface area contributed by atoms with Crippen molar-refractivity contribution in [1.82, 2.24) is 0 Å². The van der Waals surface area contributed by atoms with Crippen molar-refractivity contribution in [2.24, 2.45) is 4.99 Å². The molecule has 3 rings (SSSR count). The molecule has 1 aliphatic heterocycles. The zero-order chi connectivity index (χ0) is 25.7. The first-order valence-corrected chi connectivity index (χ1v) is 12.0. The number of aliphatic imine (C=N–C) groups is 1. The van der Waals surface area contributed by atoms with Gasteiger partial charge in [0.15, 0.2) is 0 Å². The summed E-state index contributed by atoms with van der Waals surface area (Å²) in [7, 11) is 3.17. The van der Waals surface area contributed by atoms with Crippen LogP contribution in [0.5, 0.6) is 11.5 Å². The first kappa shape index (κ1) is 26.1. The van der Waals surface area contributed by atoms with Crippen molar-refractivity contribution in [2.45, 2.75) is 33.6 Å². The number of aryl methyl sites for hydroxylation is 1.